The summed E-state index contributed by atoms with van der Waals surface area (Å²) in [6.45, 7) is 0.768. The number of imide groups is 1. The van der Waals surface area contributed by atoms with Crippen molar-refractivity contribution in [1.82, 2.24) is 14.9 Å². The topological polar surface area (TPSA) is 75.6 Å². The molecule has 4 heterocycles. The SMILES string of the molecule is COc1ccc2cnc(-c3ccc(N4C(=O)C5C6C=CN(C6)C5C4=O)cc3)nc2c1. The molecule has 148 valence electrons. The molecule has 3 aromatic rings. The quantitative estimate of drug-likeness (QED) is 0.632. The average molecular weight is 398 g/mol. The lowest BCUT2D eigenvalue weighted by Crippen LogP contribution is -2.37. The number of amides is 2. The van der Waals surface area contributed by atoms with Gasteiger partial charge in [-0.25, -0.2) is 14.9 Å². The van der Waals surface area contributed by atoms with Crippen molar-refractivity contribution in [2.45, 2.75) is 6.04 Å². The fourth-order valence-electron chi connectivity index (χ4n) is 4.75. The Morgan fingerprint density at radius 2 is 1.90 bits per heavy atom. The summed E-state index contributed by atoms with van der Waals surface area (Å²) >= 11 is 0. The smallest absolute Gasteiger partial charge is 0.257 e. The number of carbonyl (C=O) groups is 2. The van der Waals surface area contributed by atoms with Gasteiger partial charge in [0.1, 0.15) is 11.8 Å². The molecule has 0 saturated carbocycles. The van der Waals surface area contributed by atoms with Gasteiger partial charge in [0.25, 0.3) is 5.91 Å². The van der Waals surface area contributed by atoms with Crippen LogP contribution in [0.2, 0.25) is 0 Å². The molecule has 2 amide bonds. The van der Waals surface area contributed by atoms with E-state index in [0.29, 0.717) is 11.5 Å². The van der Waals surface area contributed by atoms with Crippen LogP contribution in [-0.4, -0.2) is 46.4 Å². The van der Waals surface area contributed by atoms with E-state index in [-0.39, 0.29) is 29.7 Å². The molecular formula is C23H18N4O3. The van der Waals surface area contributed by atoms with Gasteiger partial charge in [-0.2, -0.15) is 0 Å². The number of benzene rings is 2. The number of rotatable bonds is 3. The highest BCUT2D eigenvalue weighted by Gasteiger charge is 2.58. The third-order valence-electron chi connectivity index (χ3n) is 6.26. The molecule has 2 fully saturated rings. The van der Waals surface area contributed by atoms with E-state index in [0.717, 1.165) is 28.8 Å². The third-order valence-corrected chi connectivity index (χ3v) is 6.26. The fraction of sp³-hybridized carbons (Fsp3) is 0.217. The number of hydrogen-bond acceptors (Lipinski definition) is 6. The Kier molecular flexibility index (Phi) is 3.50. The zero-order valence-corrected chi connectivity index (χ0v) is 16.2. The van der Waals surface area contributed by atoms with Crippen molar-refractivity contribution in [2.75, 3.05) is 18.6 Å². The van der Waals surface area contributed by atoms with Gasteiger partial charge in [0.2, 0.25) is 5.91 Å². The summed E-state index contributed by atoms with van der Waals surface area (Å²) in [6, 6.07) is 12.6. The van der Waals surface area contributed by atoms with Crippen molar-refractivity contribution in [2.24, 2.45) is 11.8 Å². The van der Waals surface area contributed by atoms with Gasteiger partial charge in [-0.3, -0.25) is 9.59 Å². The molecule has 0 spiro atoms. The van der Waals surface area contributed by atoms with Gasteiger partial charge in [0.15, 0.2) is 5.82 Å². The number of methoxy groups -OCH3 is 1. The minimum atomic E-state index is -0.356. The van der Waals surface area contributed by atoms with Crippen molar-refractivity contribution in [3.63, 3.8) is 0 Å². The number of carbonyl (C=O) groups excluding carboxylic acids is 2. The molecule has 30 heavy (non-hydrogen) atoms. The highest BCUT2D eigenvalue weighted by Crippen LogP contribution is 2.43. The molecule has 0 aliphatic carbocycles. The monoisotopic (exact) mass is 398 g/mol. The second-order valence-electron chi connectivity index (χ2n) is 7.85. The maximum Gasteiger partial charge on any atom is 0.257 e. The molecule has 6 rings (SSSR count). The first-order valence-electron chi connectivity index (χ1n) is 9.87. The summed E-state index contributed by atoms with van der Waals surface area (Å²) in [5.41, 5.74) is 2.19. The number of aromatic nitrogens is 2. The van der Waals surface area contributed by atoms with Gasteiger partial charge in [0, 0.05) is 35.7 Å². The zero-order chi connectivity index (χ0) is 20.4. The molecule has 7 heteroatoms. The van der Waals surface area contributed by atoms with Gasteiger partial charge < -0.3 is 9.64 Å². The molecular weight excluding hydrogens is 380 g/mol. The lowest BCUT2D eigenvalue weighted by molar-refractivity contribution is -0.123. The van der Waals surface area contributed by atoms with Gasteiger partial charge in [-0.05, 0) is 42.6 Å². The van der Waals surface area contributed by atoms with E-state index in [4.69, 9.17) is 4.74 Å². The summed E-state index contributed by atoms with van der Waals surface area (Å²) in [5.74, 6) is 0.937. The van der Waals surface area contributed by atoms with Crippen molar-refractivity contribution in [3.05, 3.63) is 60.9 Å². The van der Waals surface area contributed by atoms with E-state index >= 15 is 0 Å². The summed E-state index contributed by atoms with van der Waals surface area (Å²) in [7, 11) is 1.62. The Hall–Kier alpha value is -3.74. The van der Waals surface area contributed by atoms with Crippen LogP contribution in [0.1, 0.15) is 0 Å². The second kappa shape index (κ2) is 6.13. The molecule has 7 nitrogen and oxygen atoms in total. The van der Waals surface area contributed by atoms with Crippen molar-refractivity contribution in [1.29, 1.82) is 0 Å². The fourth-order valence-corrected chi connectivity index (χ4v) is 4.75. The predicted octanol–water partition coefficient (Wildman–Crippen LogP) is 2.62. The highest BCUT2D eigenvalue weighted by atomic mass is 16.5. The summed E-state index contributed by atoms with van der Waals surface area (Å²) in [5, 5.41) is 0.925. The van der Waals surface area contributed by atoms with Crippen LogP contribution in [0.3, 0.4) is 0 Å². The molecule has 3 aliphatic rings. The molecule has 1 aromatic heterocycles. The second-order valence-corrected chi connectivity index (χ2v) is 7.85. The molecule has 3 unspecified atom stereocenters. The summed E-state index contributed by atoms with van der Waals surface area (Å²) < 4.78 is 5.27. The van der Waals surface area contributed by atoms with Gasteiger partial charge in [-0.1, -0.05) is 6.08 Å². The van der Waals surface area contributed by atoms with E-state index in [1.807, 2.05) is 47.5 Å². The van der Waals surface area contributed by atoms with E-state index < -0.39 is 0 Å². The highest BCUT2D eigenvalue weighted by molar-refractivity contribution is 6.24. The standard InChI is InChI=1S/C23H18N4O3/c1-30-17-7-4-14-11-24-21(25-18(14)10-17)13-2-5-16(6-3-13)27-22(28)19-15-8-9-26(12-15)20(19)23(27)29/h2-11,15,19-20H,12H2,1H3. The largest absolute Gasteiger partial charge is 0.497 e. The van der Waals surface area contributed by atoms with Gasteiger partial charge in [-0.15, -0.1) is 0 Å². The Balaban J connectivity index is 1.31. The van der Waals surface area contributed by atoms with Crippen LogP contribution in [-0.2, 0) is 9.59 Å². The summed E-state index contributed by atoms with van der Waals surface area (Å²) in [6.07, 6.45) is 5.75. The van der Waals surface area contributed by atoms with Crippen LogP contribution < -0.4 is 9.64 Å². The van der Waals surface area contributed by atoms with E-state index in [1.54, 1.807) is 25.4 Å². The Morgan fingerprint density at radius 3 is 2.67 bits per heavy atom. The van der Waals surface area contributed by atoms with E-state index in [9.17, 15) is 9.59 Å². The number of anilines is 1. The molecule has 0 N–H and O–H groups in total. The minimum Gasteiger partial charge on any atom is -0.497 e. The number of hydrogen-bond donors (Lipinski definition) is 0. The average Bonchev–Trinajstić information content (AvgIpc) is 3.47. The van der Waals surface area contributed by atoms with Crippen LogP contribution >= 0.6 is 0 Å². The van der Waals surface area contributed by atoms with Crippen molar-refractivity contribution >= 4 is 28.4 Å². The lowest BCUT2D eigenvalue weighted by atomic mass is 9.91. The number of ether oxygens (including phenoxy) is 1. The molecule has 2 saturated heterocycles. The number of nitrogens with zero attached hydrogens (tertiary/aromatic N) is 4. The van der Waals surface area contributed by atoms with Gasteiger partial charge >= 0.3 is 0 Å². The Labute approximate surface area is 172 Å². The first-order chi connectivity index (χ1) is 14.6. The van der Waals surface area contributed by atoms with E-state index in [2.05, 4.69) is 9.97 Å². The number of fused-ring (bicyclic) bond motifs is 6. The zero-order valence-electron chi connectivity index (χ0n) is 16.2. The lowest BCUT2D eigenvalue weighted by Gasteiger charge is -2.20. The molecule has 2 aromatic carbocycles. The van der Waals surface area contributed by atoms with Crippen LogP contribution in [0.25, 0.3) is 22.3 Å². The first-order valence-corrected chi connectivity index (χ1v) is 9.87. The molecule has 0 radical (unpaired) electrons. The normalized spacial score (nSPS) is 24.2. The predicted molar refractivity (Wildman–Crippen MR) is 111 cm³/mol. The Bertz CT molecular complexity index is 1210. The Morgan fingerprint density at radius 1 is 1.07 bits per heavy atom. The van der Waals surface area contributed by atoms with Crippen molar-refractivity contribution in [3.8, 4) is 17.1 Å². The van der Waals surface area contributed by atoms with E-state index in [1.165, 1.54) is 4.90 Å². The third kappa shape index (κ3) is 2.32. The molecule has 2 bridgehead atoms. The maximum absolute atomic E-state index is 13.0. The van der Waals surface area contributed by atoms with Crippen LogP contribution in [0.4, 0.5) is 5.69 Å². The van der Waals surface area contributed by atoms with Crippen LogP contribution in [0, 0.1) is 11.8 Å². The van der Waals surface area contributed by atoms with Gasteiger partial charge in [0.05, 0.1) is 24.2 Å². The molecule has 3 aliphatic heterocycles. The maximum atomic E-state index is 13.0. The first kappa shape index (κ1) is 17.1. The van der Waals surface area contributed by atoms with Crippen LogP contribution in [0.15, 0.2) is 60.9 Å². The van der Waals surface area contributed by atoms with Crippen molar-refractivity contribution < 1.29 is 14.3 Å². The molecule has 3 atom stereocenters. The minimum absolute atomic E-state index is 0.108. The summed E-state index contributed by atoms with van der Waals surface area (Å²) in [4.78, 5) is 38.3. The van der Waals surface area contributed by atoms with Crippen LogP contribution in [0.5, 0.6) is 5.75 Å².